The van der Waals surface area contributed by atoms with Crippen LogP contribution in [0.25, 0.3) is 0 Å². The second-order valence-corrected chi connectivity index (χ2v) is 9.10. The molecule has 2 N–H and O–H groups in total. The SMILES string of the molecule is Cc1ccc(CC(=O)Nc2cn(CC(F)CCn3cc(C(=O)NCc4cc(OC(F)(F)F)ccc4F)nn3)nn2)cn1. The van der Waals surface area contributed by atoms with Crippen LogP contribution in [0.3, 0.4) is 0 Å². The number of amides is 2. The zero-order chi connectivity index (χ0) is 30.3. The fourth-order valence-corrected chi connectivity index (χ4v) is 3.65. The van der Waals surface area contributed by atoms with Crippen LogP contribution < -0.4 is 15.4 Å². The molecule has 222 valence electrons. The number of carbonyl (C=O) groups is 2. The molecule has 0 saturated heterocycles. The van der Waals surface area contributed by atoms with Crippen molar-refractivity contribution in [1.82, 2.24) is 40.3 Å². The van der Waals surface area contributed by atoms with Gasteiger partial charge in [0.1, 0.15) is 17.7 Å². The van der Waals surface area contributed by atoms with Gasteiger partial charge in [-0.3, -0.25) is 19.3 Å². The molecule has 0 fully saturated rings. The van der Waals surface area contributed by atoms with Crippen molar-refractivity contribution in [3.8, 4) is 5.75 Å². The van der Waals surface area contributed by atoms with E-state index < -0.39 is 36.6 Å². The number of carbonyl (C=O) groups excluding carboxylic acids is 2. The van der Waals surface area contributed by atoms with Gasteiger partial charge in [-0.25, -0.2) is 13.5 Å². The first-order valence-corrected chi connectivity index (χ1v) is 12.4. The molecule has 12 nitrogen and oxygen atoms in total. The van der Waals surface area contributed by atoms with Gasteiger partial charge in [-0.05, 0) is 36.8 Å². The molecule has 0 radical (unpaired) electrons. The lowest BCUT2D eigenvalue weighted by molar-refractivity contribution is -0.274. The number of hydrogen-bond donors (Lipinski definition) is 2. The summed E-state index contributed by atoms with van der Waals surface area (Å²) in [6.07, 6.45) is -2.03. The lowest BCUT2D eigenvalue weighted by Crippen LogP contribution is -2.24. The van der Waals surface area contributed by atoms with Gasteiger partial charge in [0, 0.05) is 37.0 Å². The number of rotatable bonds is 12. The van der Waals surface area contributed by atoms with E-state index in [-0.39, 0.29) is 48.9 Å². The number of aryl methyl sites for hydroxylation is 2. The number of halogens is 5. The summed E-state index contributed by atoms with van der Waals surface area (Å²) in [5.41, 5.74) is 1.15. The van der Waals surface area contributed by atoms with E-state index in [1.807, 2.05) is 6.92 Å². The lowest BCUT2D eigenvalue weighted by Gasteiger charge is -2.11. The number of alkyl halides is 4. The fourth-order valence-electron chi connectivity index (χ4n) is 3.65. The molecule has 3 heterocycles. The fraction of sp³-hybridized carbons (Fsp3) is 0.320. The third-order valence-corrected chi connectivity index (χ3v) is 5.66. The van der Waals surface area contributed by atoms with Gasteiger partial charge in [0.2, 0.25) is 5.91 Å². The number of aromatic nitrogens is 7. The summed E-state index contributed by atoms with van der Waals surface area (Å²) in [6, 6.07) is 5.99. The van der Waals surface area contributed by atoms with E-state index in [9.17, 15) is 31.5 Å². The zero-order valence-electron chi connectivity index (χ0n) is 22.0. The van der Waals surface area contributed by atoms with Crippen molar-refractivity contribution in [3.63, 3.8) is 0 Å². The van der Waals surface area contributed by atoms with Gasteiger partial charge >= 0.3 is 6.36 Å². The number of hydrogen-bond acceptors (Lipinski definition) is 8. The van der Waals surface area contributed by atoms with Gasteiger partial charge in [-0.2, -0.15) is 0 Å². The van der Waals surface area contributed by atoms with Gasteiger partial charge in [-0.15, -0.1) is 23.4 Å². The van der Waals surface area contributed by atoms with Gasteiger partial charge in [0.05, 0.1) is 25.4 Å². The molecule has 1 aromatic carbocycles. The molecule has 4 aromatic rings. The maximum Gasteiger partial charge on any atom is 0.573 e. The molecule has 0 spiro atoms. The van der Waals surface area contributed by atoms with Gasteiger partial charge in [0.25, 0.3) is 5.91 Å². The Balaban J connectivity index is 1.21. The minimum absolute atomic E-state index is 0.0242. The van der Waals surface area contributed by atoms with Crippen LogP contribution in [0.15, 0.2) is 48.9 Å². The van der Waals surface area contributed by atoms with E-state index in [2.05, 4.69) is 41.0 Å². The molecule has 0 aliphatic rings. The Kier molecular flexibility index (Phi) is 9.39. The third kappa shape index (κ3) is 9.03. The summed E-state index contributed by atoms with van der Waals surface area (Å²) in [7, 11) is 0. The zero-order valence-corrected chi connectivity index (χ0v) is 22.0. The van der Waals surface area contributed by atoms with Gasteiger partial charge in [0.15, 0.2) is 11.5 Å². The Morgan fingerprint density at radius 3 is 2.60 bits per heavy atom. The number of anilines is 1. The molecule has 0 saturated carbocycles. The van der Waals surface area contributed by atoms with Crippen LogP contribution in [0.1, 0.15) is 33.7 Å². The predicted molar refractivity (Wildman–Crippen MR) is 135 cm³/mol. The van der Waals surface area contributed by atoms with E-state index in [4.69, 9.17) is 0 Å². The van der Waals surface area contributed by atoms with Crippen molar-refractivity contribution in [2.24, 2.45) is 0 Å². The van der Waals surface area contributed by atoms with E-state index in [0.717, 1.165) is 29.5 Å². The van der Waals surface area contributed by atoms with Crippen LogP contribution in [-0.2, 0) is 30.8 Å². The Bertz CT molecular complexity index is 1520. The molecule has 4 rings (SSSR count). The van der Waals surface area contributed by atoms with Crippen molar-refractivity contribution < 1.29 is 36.3 Å². The average Bonchev–Trinajstić information content (AvgIpc) is 3.57. The van der Waals surface area contributed by atoms with Gasteiger partial charge in [-0.1, -0.05) is 16.5 Å². The van der Waals surface area contributed by atoms with Crippen molar-refractivity contribution in [2.75, 3.05) is 5.32 Å². The van der Waals surface area contributed by atoms with E-state index >= 15 is 0 Å². The highest BCUT2D eigenvalue weighted by atomic mass is 19.4. The summed E-state index contributed by atoms with van der Waals surface area (Å²) < 4.78 is 71.9. The Morgan fingerprint density at radius 1 is 1.07 bits per heavy atom. The van der Waals surface area contributed by atoms with Crippen molar-refractivity contribution >= 4 is 17.6 Å². The quantitative estimate of drug-likeness (QED) is 0.239. The number of ether oxygens (including phenoxy) is 1. The second kappa shape index (κ2) is 13.1. The summed E-state index contributed by atoms with van der Waals surface area (Å²) in [5, 5.41) is 20.0. The standard InChI is InChI=1S/C25H24F5N9O3/c1-15-2-3-16(10-31-15)8-23(40)33-22-14-39(37-35-22)12-18(26)6-7-38-13-21(34-36-38)24(41)32-11-17-9-19(4-5-20(17)27)42-25(28,29)30/h2-5,9-10,13-14,18H,6-8,11-12H2,1H3,(H,32,41)(H,33,40). The summed E-state index contributed by atoms with van der Waals surface area (Å²) in [5.74, 6) is -2.41. The highest BCUT2D eigenvalue weighted by molar-refractivity contribution is 5.92. The van der Waals surface area contributed by atoms with Crippen LogP contribution in [-0.4, -0.2) is 59.3 Å². The predicted octanol–water partition coefficient (Wildman–Crippen LogP) is 3.15. The molecule has 1 unspecified atom stereocenters. The van der Waals surface area contributed by atoms with Gasteiger partial charge < -0.3 is 15.4 Å². The molecule has 2 amide bonds. The Labute approximate surface area is 234 Å². The average molecular weight is 594 g/mol. The largest absolute Gasteiger partial charge is 0.573 e. The molecule has 1 atom stereocenters. The highest BCUT2D eigenvalue weighted by Crippen LogP contribution is 2.24. The maximum absolute atomic E-state index is 14.6. The lowest BCUT2D eigenvalue weighted by atomic mass is 10.2. The first-order chi connectivity index (χ1) is 19.9. The first-order valence-electron chi connectivity index (χ1n) is 12.4. The van der Waals surface area contributed by atoms with E-state index in [1.54, 1.807) is 18.3 Å². The molecular formula is C25H24F5N9O3. The second-order valence-electron chi connectivity index (χ2n) is 9.10. The van der Waals surface area contributed by atoms with Crippen molar-refractivity contribution in [1.29, 1.82) is 0 Å². The smallest absolute Gasteiger partial charge is 0.406 e. The number of nitrogens with zero attached hydrogens (tertiary/aromatic N) is 7. The topological polar surface area (TPSA) is 142 Å². The molecule has 0 aliphatic carbocycles. The third-order valence-electron chi connectivity index (χ3n) is 5.66. The molecule has 3 aromatic heterocycles. The minimum atomic E-state index is -4.95. The highest BCUT2D eigenvalue weighted by Gasteiger charge is 2.31. The van der Waals surface area contributed by atoms with Crippen LogP contribution in [0.2, 0.25) is 0 Å². The molecule has 0 aliphatic heterocycles. The van der Waals surface area contributed by atoms with E-state index in [1.165, 1.54) is 21.8 Å². The number of benzene rings is 1. The monoisotopic (exact) mass is 593 g/mol. The van der Waals surface area contributed by atoms with Crippen LogP contribution in [0.4, 0.5) is 27.8 Å². The number of pyridine rings is 1. The van der Waals surface area contributed by atoms with Crippen LogP contribution in [0.5, 0.6) is 5.75 Å². The number of nitrogens with one attached hydrogen (secondary N) is 2. The van der Waals surface area contributed by atoms with Crippen molar-refractivity contribution in [2.45, 2.75) is 51.9 Å². The molecule has 42 heavy (non-hydrogen) atoms. The van der Waals surface area contributed by atoms with Crippen LogP contribution >= 0.6 is 0 Å². The summed E-state index contributed by atoms with van der Waals surface area (Å²) in [6.45, 7) is 1.29. The van der Waals surface area contributed by atoms with Crippen molar-refractivity contribution in [3.05, 3.63) is 77.3 Å². The maximum atomic E-state index is 14.6. The molecular weight excluding hydrogens is 569 g/mol. The summed E-state index contributed by atoms with van der Waals surface area (Å²) in [4.78, 5) is 28.7. The summed E-state index contributed by atoms with van der Waals surface area (Å²) >= 11 is 0. The minimum Gasteiger partial charge on any atom is -0.406 e. The Hall–Kier alpha value is -4.96. The Morgan fingerprint density at radius 2 is 1.86 bits per heavy atom. The molecule has 0 bridgehead atoms. The first kappa shape index (κ1) is 30.0. The van der Waals surface area contributed by atoms with E-state index in [0.29, 0.717) is 0 Å². The normalized spacial score (nSPS) is 12.1. The molecule has 17 heteroatoms. The van der Waals surface area contributed by atoms with Crippen LogP contribution in [0, 0.1) is 12.7 Å².